The number of nitrogens with zero attached hydrogens (tertiary/aromatic N) is 1. The number of thiophene rings is 1. The molecule has 1 atom stereocenters. The van der Waals surface area contributed by atoms with Crippen molar-refractivity contribution in [3.63, 3.8) is 0 Å². The number of carbonyl (C=O) groups is 1. The summed E-state index contributed by atoms with van der Waals surface area (Å²) in [6, 6.07) is 8.85. The summed E-state index contributed by atoms with van der Waals surface area (Å²) in [5.74, 6) is -2.15. The van der Waals surface area contributed by atoms with E-state index in [4.69, 9.17) is 0 Å². The number of fused-ring (bicyclic) bond motifs is 1. The topological polar surface area (TPSA) is 57.2 Å². The monoisotopic (exact) mass is 507 g/mol. The lowest BCUT2D eigenvalue weighted by atomic mass is 9.97. The molecule has 2 aromatic heterocycles. The molecule has 0 fully saturated rings. The summed E-state index contributed by atoms with van der Waals surface area (Å²) in [7, 11) is 0. The van der Waals surface area contributed by atoms with E-state index in [2.05, 4.69) is 21.9 Å². The number of hydrogen-bond acceptors (Lipinski definition) is 3. The average Bonchev–Trinajstić information content (AvgIpc) is 3.49. The third kappa shape index (κ3) is 6.01. The fraction of sp³-hybridized carbons (Fsp3) is 0.143. The van der Waals surface area contributed by atoms with Gasteiger partial charge in [-0.1, -0.05) is 12.7 Å². The van der Waals surface area contributed by atoms with E-state index >= 15 is 0 Å². The van der Waals surface area contributed by atoms with Crippen molar-refractivity contribution >= 4 is 39.9 Å². The third-order valence-corrected chi connectivity index (χ3v) is 6.45. The third-order valence-electron chi connectivity index (χ3n) is 5.77. The van der Waals surface area contributed by atoms with Crippen molar-refractivity contribution in [3.05, 3.63) is 112 Å². The molecule has 0 unspecified atom stereocenters. The van der Waals surface area contributed by atoms with Crippen LogP contribution in [0.5, 0.6) is 0 Å². The molecule has 1 amide bonds. The molecule has 0 saturated carbocycles. The van der Waals surface area contributed by atoms with Gasteiger partial charge in [-0.2, -0.15) is 11.3 Å². The zero-order chi connectivity index (χ0) is 25.7. The summed E-state index contributed by atoms with van der Waals surface area (Å²) in [5, 5.41) is 7.48. The highest BCUT2D eigenvalue weighted by Gasteiger charge is 2.22. The minimum atomic E-state index is -0.703. The number of aromatic amines is 1. The van der Waals surface area contributed by atoms with Crippen molar-refractivity contribution in [2.45, 2.75) is 25.8 Å². The van der Waals surface area contributed by atoms with Crippen molar-refractivity contribution in [1.29, 1.82) is 0 Å². The Morgan fingerprint density at radius 3 is 2.61 bits per heavy atom. The minimum Gasteiger partial charge on any atom is -0.361 e. The molecule has 0 aliphatic carbocycles. The lowest BCUT2D eigenvalue weighted by Crippen LogP contribution is -2.39. The van der Waals surface area contributed by atoms with Gasteiger partial charge in [0.05, 0.1) is 18.2 Å². The Balaban J connectivity index is 1.70. The van der Waals surface area contributed by atoms with Crippen LogP contribution in [0.3, 0.4) is 0 Å². The predicted molar refractivity (Wildman–Crippen MR) is 140 cm³/mol. The van der Waals surface area contributed by atoms with Gasteiger partial charge in [-0.15, -0.1) is 0 Å². The Bertz CT molecular complexity index is 1430. The van der Waals surface area contributed by atoms with E-state index in [0.29, 0.717) is 22.2 Å². The lowest BCUT2D eigenvalue weighted by Gasteiger charge is -2.22. The number of rotatable bonds is 9. The quantitative estimate of drug-likeness (QED) is 0.246. The van der Waals surface area contributed by atoms with Gasteiger partial charge < -0.3 is 10.3 Å². The van der Waals surface area contributed by atoms with E-state index in [0.717, 1.165) is 22.7 Å². The maximum absolute atomic E-state index is 13.9. The average molecular weight is 508 g/mol. The highest BCUT2D eigenvalue weighted by atomic mass is 32.1. The zero-order valence-electron chi connectivity index (χ0n) is 19.5. The highest BCUT2D eigenvalue weighted by molar-refractivity contribution is 7.08. The fourth-order valence-corrected chi connectivity index (χ4v) is 4.81. The van der Waals surface area contributed by atoms with Crippen LogP contribution in [0.4, 0.5) is 13.2 Å². The number of allylic oxidation sites excluding steroid dienone is 2. The van der Waals surface area contributed by atoms with Crippen LogP contribution in [0.1, 0.15) is 23.6 Å². The van der Waals surface area contributed by atoms with Gasteiger partial charge in [0.15, 0.2) is 0 Å². The van der Waals surface area contributed by atoms with Crippen molar-refractivity contribution < 1.29 is 18.0 Å². The summed E-state index contributed by atoms with van der Waals surface area (Å²) >= 11 is 1.52. The molecule has 4 nitrogen and oxygen atoms in total. The smallest absolute Gasteiger partial charge is 0.225 e. The van der Waals surface area contributed by atoms with Crippen molar-refractivity contribution in [1.82, 2.24) is 10.3 Å². The van der Waals surface area contributed by atoms with Crippen LogP contribution in [0.25, 0.3) is 16.5 Å². The van der Waals surface area contributed by atoms with Crippen LogP contribution in [-0.2, 0) is 17.6 Å². The molecule has 2 N–H and O–H groups in total. The molecule has 4 rings (SSSR count). The zero-order valence-corrected chi connectivity index (χ0v) is 20.3. The summed E-state index contributed by atoms with van der Waals surface area (Å²) in [5.41, 5.74) is 3.99. The lowest BCUT2D eigenvalue weighted by molar-refractivity contribution is -0.120. The Kier molecular flexibility index (Phi) is 7.85. The Labute approximate surface area is 210 Å². The van der Waals surface area contributed by atoms with Crippen LogP contribution >= 0.6 is 11.3 Å². The van der Waals surface area contributed by atoms with E-state index in [1.54, 1.807) is 12.3 Å². The molecule has 2 heterocycles. The van der Waals surface area contributed by atoms with Gasteiger partial charge in [0.1, 0.15) is 17.5 Å². The van der Waals surface area contributed by atoms with Gasteiger partial charge >= 0.3 is 0 Å². The van der Waals surface area contributed by atoms with Gasteiger partial charge in [0, 0.05) is 29.4 Å². The molecule has 0 radical (unpaired) electrons. The first kappa shape index (κ1) is 25.2. The Morgan fingerprint density at radius 1 is 1.14 bits per heavy atom. The van der Waals surface area contributed by atoms with Crippen LogP contribution in [0.15, 0.2) is 82.8 Å². The minimum absolute atomic E-state index is 0.0204. The summed E-state index contributed by atoms with van der Waals surface area (Å²) in [6.07, 6.45) is 4.78. The number of aromatic nitrogens is 1. The molecule has 0 spiro atoms. The molecule has 184 valence electrons. The molecule has 4 aromatic rings. The molecule has 8 heteroatoms. The van der Waals surface area contributed by atoms with Crippen molar-refractivity contribution in [3.8, 4) is 0 Å². The van der Waals surface area contributed by atoms with Gasteiger partial charge in [-0.05, 0) is 82.8 Å². The van der Waals surface area contributed by atoms with E-state index in [-0.39, 0.29) is 18.7 Å². The number of hydrogen-bond donors (Lipinski definition) is 2. The van der Waals surface area contributed by atoms with E-state index in [1.165, 1.54) is 47.9 Å². The second-order valence-electron chi connectivity index (χ2n) is 8.32. The normalized spacial score (nSPS) is 13.1. The number of carbonyl (C=O) groups excluding carboxylic acids is 1. The first-order valence-electron chi connectivity index (χ1n) is 11.2. The number of benzene rings is 2. The largest absolute Gasteiger partial charge is 0.361 e. The maximum Gasteiger partial charge on any atom is 0.225 e. The summed E-state index contributed by atoms with van der Waals surface area (Å²) in [6.45, 7) is 5.56. The van der Waals surface area contributed by atoms with Crippen LogP contribution in [0.2, 0.25) is 0 Å². The molecule has 0 aliphatic rings. The summed E-state index contributed by atoms with van der Waals surface area (Å²) in [4.78, 5) is 20.8. The SMILES string of the molecule is C=C/C=N\C(=C(/C)c1ccsc1)[C@H](Cc1cc(F)cc(F)c1)NC(=O)Cc1c[nH]c2ccc(F)cc12. The number of halogens is 3. The first-order valence-corrected chi connectivity index (χ1v) is 12.2. The highest BCUT2D eigenvalue weighted by Crippen LogP contribution is 2.26. The van der Waals surface area contributed by atoms with Crippen LogP contribution < -0.4 is 5.32 Å². The molecule has 2 aromatic carbocycles. The van der Waals surface area contributed by atoms with E-state index in [1.807, 2.05) is 23.8 Å². The van der Waals surface area contributed by atoms with Crippen molar-refractivity contribution in [2.75, 3.05) is 0 Å². The van der Waals surface area contributed by atoms with Gasteiger partial charge in [-0.25, -0.2) is 13.2 Å². The Morgan fingerprint density at radius 2 is 1.92 bits per heavy atom. The van der Waals surface area contributed by atoms with Crippen LogP contribution in [-0.4, -0.2) is 23.1 Å². The fourth-order valence-electron chi connectivity index (χ4n) is 4.10. The molecule has 0 aliphatic heterocycles. The Hall–Kier alpha value is -3.91. The molecular formula is C28H24F3N3OS. The first-order chi connectivity index (χ1) is 17.3. The van der Waals surface area contributed by atoms with Gasteiger partial charge in [0.2, 0.25) is 5.91 Å². The number of H-pyrrole nitrogens is 1. The predicted octanol–water partition coefficient (Wildman–Crippen LogP) is 6.60. The van der Waals surface area contributed by atoms with Crippen molar-refractivity contribution in [2.24, 2.45) is 4.99 Å². The molecule has 0 bridgehead atoms. The summed E-state index contributed by atoms with van der Waals surface area (Å²) < 4.78 is 41.7. The maximum atomic E-state index is 13.9. The number of nitrogens with one attached hydrogen (secondary N) is 2. The second kappa shape index (κ2) is 11.2. The van der Waals surface area contributed by atoms with Gasteiger partial charge in [-0.3, -0.25) is 9.79 Å². The number of amides is 1. The number of aliphatic imine (C=N–C) groups is 1. The molecule has 36 heavy (non-hydrogen) atoms. The van der Waals surface area contributed by atoms with E-state index in [9.17, 15) is 18.0 Å². The van der Waals surface area contributed by atoms with Crippen LogP contribution in [0, 0.1) is 17.5 Å². The molecular weight excluding hydrogens is 483 g/mol. The molecule has 0 saturated heterocycles. The van der Waals surface area contributed by atoms with Gasteiger partial charge in [0.25, 0.3) is 0 Å². The standard InChI is InChI=1S/C28H24F3N3OS/c1-3-7-32-28(17(2)19-6-8-36-16-19)26(11-18-9-22(30)13-23(31)10-18)34-27(35)12-20-15-33-25-5-4-21(29)14-24(20)25/h3-10,13-16,26,33H,1,11-12H2,2H3,(H,34,35)/b28-17+,32-7-/t26-/m0/s1. The van der Waals surface area contributed by atoms with E-state index < -0.39 is 23.5 Å². The second-order valence-corrected chi connectivity index (χ2v) is 9.10.